The minimum absolute atomic E-state index is 0. The first-order valence-electron chi connectivity index (χ1n) is 35.5. The van der Waals surface area contributed by atoms with Crippen molar-refractivity contribution >= 4 is 154 Å². The Morgan fingerprint density at radius 3 is 1.42 bits per heavy atom. The number of ether oxygens (including phenoxy) is 5. The number of hydrogen-bond acceptors (Lipinski definition) is 19. The largest absolute Gasteiger partial charge is 1.00 e. The zero-order valence-electron chi connectivity index (χ0n) is 66.7. The Bertz CT molecular complexity index is 5430. The third kappa shape index (κ3) is 33.8. The van der Waals surface area contributed by atoms with Gasteiger partial charge in [0.1, 0.15) is 52.1 Å². The molecule has 0 spiro atoms. The van der Waals surface area contributed by atoms with Crippen LogP contribution in [0.1, 0.15) is 46.5 Å². The molecular weight excluding hydrogens is 2080 g/mol. The van der Waals surface area contributed by atoms with Crippen LogP contribution < -0.4 is 164 Å². The SMILES string of the molecule is CC(=O)N1c2ccccc2Oc2ccc(F)cc21.CC(=O)Nc1cc(F)ccc1Oc1ccccc1I.CN[C@@H]1CCCC[C@H]1NC.Cc1ccc2c(c1)Nc1ccccc1O2.Nc1cc(F)ccc1Oc1ccccc1I.O=CO[O-].O=[N+]([O-])c1cc(F)ccc1F.O=[N+]([O-])c1cc(F)ccc1Oc1ccccc1I.Oc1ccccc1I.[H-].[K+].[K+]. The van der Waals surface area contributed by atoms with Gasteiger partial charge in [0, 0.05) is 44.1 Å². The first-order chi connectivity index (χ1) is 57.0. The van der Waals surface area contributed by atoms with E-state index in [0.29, 0.717) is 93.0 Å². The molecule has 1 aliphatic carbocycles. The molecule has 0 unspecified atom stereocenters. The number of carbonyl (C=O) groups is 3. The summed E-state index contributed by atoms with van der Waals surface area (Å²) >= 11 is 8.44. The predicted octanol–water partition coefficient (Wildman–Crippen LogP) is 16.7. The third-order valence-electron chi connectivity index (χ3n) is 16.3. The molecule has 12 aromatic carbocycles. The number of fused-ring (bicyclic) bond motifs is 4. The average molecular weight is 2160 g/mol. The molecule has 2 heterocycles. The van der Waals surface area contributed by atoms with Gasteiger partial charge in [0.25, 0.3) is 6.47 Å². The van der Waals surface area contributed by atoms with E-state index in [0.717, 1.165) is 55.4 Å². The molecule has 15 rings (SSSR count). The van der Waals surface area contributed by atoms with Gasteiger partial charge in [-0.05, 0) is 275 Å². The number of phenols is 1. The molecule has 0 bridgehead atoms. The van der Waals surface area contributed by atoms with Crippen LogP contribution in [0.4, 0.5) is 71.8 Å². The van der Waals surface area contributed by atoms with Gasteiger partial charge >= 0.3 is 114 Å². The van der Waals surface area contributed by atoms with Crippen molar-refractivity contribution in [3.8, 4) is 63.2 Å². The van der Waals surface area contributed by atoms with Gasteiger partial charge < -0.3 is 67.4 Å². The molecule has 7 N–H and O–H groups in total. The number of aryl methyl sites for hydroxylation is 1. The van der Waals surface area contributed by atoms with E-state index in [9.17, 15) is 56.2 Å². The number of nitrogen functional groups attached to an aromatic ring is 1. The number of phenolic OH excluding ortho intramolecular Hbond substituents is 1. The van der Waals surface area contributed by atoms with Crippen LogP contribution in [0.2, 0.25) is 0 Å². The van der Waals surface area contributed by atoms with E-state index in [1.165, 1.54) is 111 Å². The summed E-state index contributed by atoms with van der Waals surface area (Å²) in [5, 5.41) is 50.7. The molecule has 0 radical (unpaired) electrons. The minimum Gasteiger partial charge on any atom is -1.00 e. The summed E-state index contributed by atoms with van der Waals surface area (Å²) in [5.41, 5.74) is 9.36. The second kappa shape index (κ2) is 53.8. The number of nitrogens with one attached hydrogen (secondary N) is 4. The van der Waals surface area contributed by atoms with Crippen molar-refractivity contribution in [2.24, 2.45) is 0 Å². The van der Waals surface area contributed by atoms with E-state index in [1.807, 2.05) is 115 Å². The van der Waals surface area contributed by atoms with Gasteiger partial charge in [-0.2, -0.15) is 4.39 Å². The van der Waals surface area contributed by atoms with E-state index in [-0.39, 0.29) is 134 Å². The maximum atomic E-state index is 13.3. The summed E-state index contributed by atoms with van der Waals surface area (Å²) in [6.07, 6.45) is 5.46. The van der Waals surface area contributed by atoms with Crippen molar-refractivity contribution in [2.45, 2.75) is 58.5 Å². The molecular formula is C86H76F6I4K2N8O15. The Balaban J connectivity index is 0.000000293. The van der Waals surface area contributed by atoms with Gasteiger partial charge in [-0.1, -0.05) is 91.7 Å². The number of halogens is 10. The van der Waals surface area contributed by atoms with Crippen LogP contribution in [0.5, 0.6) is 63.2 Å². The monoisotopic (exact) mass is 2160 g/mol. The van der Waals surface area contributed by atoms with Crippen LogP contribution in [0.15, 0.2) is 255 Å². The number of amides is 2. The standard InChI is InChI=1S/C14H11FINO2.C14H10FNO2.C13H11NO.C12H7FINO3.C12H9FINO.C8H18N2.C6H3F2NO2.C6H5IO.CH2O3.2K.H/c1-9(18)17-12-8-10(15)6-7-14(12)19-13-5-3-2-4-11(13)16;1-9(17)16-11-4-2-3-5-13(11)18-14-7-6-10(15)8-12(14)16;1-9-6-7-13-11(8-9)14-10-4-2-3-5-12(10)15-13;13-8-5-6-12(10(7-8)15(16)17)18-11-4-2-1-3-9(11)14;13-8-5-6-12(10(15)7-8)16-11-4-2-1-3-9(11)14;1-9-7-5-3-4-6-8(7)10-2;7-4-1-2-5(8)6(3-4)9(10)11;7-5-3-1-2-4-6(5)8;2-1-4-3;;;/h2-8H,1H3,(H,17,18);2-8H,1H3;2-8,14H,1H3;1-7H;1-7H,15H2;7-10H,3-6H2,1-2H3;1-3H;1-4,8H;1,3H;;;/q;;;;;;;;;2*+1;-1/p-1/t;;;;;7-,8-;;;;;;/m.....1....../s1. The normalized spacial score (nSPS) is 12.2. The maximum absolute atomic E-state index is 13.3. The molecule has 121 heavy (non-hydrogen) atoms. The van der Waals surface area contributed by atoms with E-state index in [2.05, 4.69) is 150 Å². The number of hydrogen-bond donors (Lipinski definition) is 6. The van der Waals surface area contributed by atoms with Crippen LogP contribution in [0.25, 0.3) is 0 Å². The van der Waals surface area contributed by atoms with Crippen molar-refractivity contribution < 1.29 is 194 Å². The Morgan fingerprint density at radius 2 is 0.926 bits per heavy atom. The smallest absolute Gasteiger partial charge is 1.00 e. The number of benzene rings is 12. The summed E-state index contributed by atoms with van der Waals surface area (Å²) in [4.78, 5) is 54.7. The van der Waals surface area contributed by atoms with E-state index in [4.69, 9.17) is 44.6 Å². The zero-order valence-corrected chi connectivity index (χ0v) is 80.5. The first kappa shape index (κ1) is 103. The molecule has 1 saturated carbocycles. The molecule has 622 valence electrons. The molecule has 2 aliphatic heterocycles. The molecule has 0 saturated heterocycles. The van der Waals surface area contributed by atoms with Crippen molar-refractivity contribution in [1.29, 1.82) is 0 Å². The minimum atomic E-state index is -1.03. The van der Waals surface area contributed by atoms with Gasteiger partial charge in [-0.3, -0.25) is 39.5 Å². The molecule has 3 aliphatic rings. The number of carbonyl (C=O) groups excluding carboxylic acids is 3. The van der Waals surface area contributed by atoms with E-state index < -0.39 is 50.3 Å². The fourth-order valence-corrected chi connectivity index (χ4v) is 12.7. The topological polar surface area (TPSA) is 314 Å². The number of anilines is 6. The zero-order chi connectivity index (χ0) is 86.7. The number of nitro benzene ring substituents is 2. The van der Waals surface area contributed by atoms with Gasteiger partial charge in [0.05, 0.1) is 70.4 Å². The van der Waals surface area contributed by atoms with Crippen LogP contribution in [0, 0.1) is 76.3 Å². The van der Waals surface area contributed by atoms with Gasteiger partial charge in [0.15, 0.2) is 34.5 Å². The quantitative estimate of drug-likeness (QED) is 0.00967. The van der Waals surface area contributed by atoms with Crippen molar-refractivity contribution in [2.75, 3.05) is 35.4 Å². The molecule has 23 nitrogen and oxygen atoms in total. The number of aromatic hydroxyl groups is 1. The molecule has 12 aromatic rings. The van der Waals surface area contributed by atoms with Crippen molar-refractivity contribution in [1.82, 2.24) is 10.6 Å². The Hall–Kier alpha value is -8.10. The van der Waals surface area contributed by atoms with Gasteiger partial charge in [-0.25, -0.2) is 22.0 Å². The number of nitro groups is 2. The van der Waals surface area contributed by atoms with Gasteiger partial charge in [-0.15, -0.1) is 0 Å². The van der Waals surface area contributed by atoms with Crippen molar-refractivity contribution in [3.63, 3.8) is 0 Å². The predicted molar refractivity (Wildman–Crippen MR) is 475 cm³/mol. The fraction of sp³-hybridized carbons (Fsp3) is 0.128. The summed E-state index contributed by atoms with van der Waals surface area (Å²) < 4.78 is 109. The summed E-state index contributed by atoms with van der Waals surface area (Å²) in [7, 11) is 4.11. The number of nitrogens with zero attached hydrogens (tertiary/aromatic N) is 3. The molecule has 35 heteroatoms. The van der Waals surface area contributed by atoms with Gasteiger partial charge in [0.2, 0.25) is 23.4 Å². The maximum Gasteiger partial charge on any atom is 1.00 e. The molecule has 1 fully saturated rings. The van der Waals surface area contributed by atoms with Crippen LogP contribution in [-0.2, 0) is 19.3 Å². The third-order valence-corrected chi connectivity index (χ3v) is 19.9. The van der Waals surface area contributed by atoms with E-state index in [1.54, 1.807) is 36.4 Å². The molecule has 2 amide bonds. The van der Waals surface area contributed by atoms with Crippen LogP contribution in [-0.4, -0.2) is 59.4 Å². The Morgan fingerprint density at radius 1 is 0.512 bits per heavy atom. The number of rotatable bonds is 12. The second-order valence-electron chi connectivity index (χ2n) is 24.8. The number of nitrogens with two attached hydrogens (primary N) is 1. The summed E-state index contributed by atoms with van der Waals surface area (Å²) in [6, 6.07) is 69.5. The van der Waals surface area contributed by atoms with Crippen LogP contribution in [0.3, 0.4) is 0 Å². The molecule has 2 atom stereocenters. The Kier molecular flexibility index (Phi) is 46.0. The molecule has 0 aromatic heterocycles. The Labute approximate surface area is 834 Å². The van der Waals surface area contributed by atoms with Crippen molar-refractivity contribution in [3.05, 3.63) is 330 Å². The van der Waals surface area contributed by atoms with Crippen LogP contribution >= 0.6 is 90.4 Å². The summed E-state index contributed by atoms with van der Waals surface area (Å²) in [5.74, 6) is 1.75. The first-order valence-corrected chi connectivity index (χ1v) is 39.8. The van der Waals surface area contributed by atoms with E-state index >= 15 is 0 Å². The number of likely N-dealkylation sites (N-methyl/N-ethyl adjacent to an activating group) is 2. The second-order valence-corrected chi connectivity index (χ2v) is 29.4. The summed E-state index contributed by atoms with van der Waals surface area (Å²) in [6.45, 7) is 4.69. The fourth-order valence-electron chi connectivity index (χ4n) is 10.9. The number of para-hydroxylation sites is 8. The average Bonchev–Trinajstić information content (AvgIpc) is 0.762.